The summed E-state index contributed by atoms with van der Waals surface area (Å²) in [7, 11) is 1.24. The van der Waals surface area contributed by atoms with Crippen molar-refractivity contribution in [2.45, 2.75) is 6.42 Å². The van der Waals surface area contributed by atoms with E-state index in [1.54, 1.807) is 0 Å². The molecule has 1 rings (SSSR count). The molecule has 0 fully saturated rings. The van der Waals surface area contributed by atoms with Gasteiger partial charge in [0.05, 0.1) is 29.6 Å². The van der Waals surface area contributed by atoms with Crippen molar-refractivity contribution in [1.29, 1.82) is 5.26 Å². The Bertz CT molecular complexity index is 440. The van der Waals surface area contributed by atoms with Crippen molar-refractivity contribution in [2.24, 2.45) is 0 Å². The maximum Gasteiger partial charge on any atom is 0.310 e. The molecule has 0 atom stereocenters. The largest absolute Gasteiger partial charge is 0.469 e. The van der Waals surface area contributed by atoms with Crippen LogP contribution in [0.1, 0.15) is 11.1 Å². The molecule has 15 heavy (non-hydrogen) atoms. The fourth-order valence-electron chi connectivity index (χ4n) is 1.09. The van der Waals surface area contributed by atoms with Gasteiger partial charge in [-0.15, -0.1) is 0 Å². The molecule has 0 radical (unpaired) electrons. The Morgan fingerprint density at radius 3 is 2.87 bits per heavy atom. The molecule has 0 N–H and O–H groups in total. The predicted molar refractivity (Wildman–Crippen MR) is 54.5 cm³/mol. The van der Waals surface area contributed by atoms with Crippen LogP contribution in [0.3, 0.4) is 0 Å². The Morgan fingerprint density at radius 1 is 1.67 bits per heavy atom. The number of esters is 1. The van der Waals surface area contributed by atoms with Gasteiger partial charge in [-0.1, -0.05) is 0 Å². The van der Waals surface area contributed by atoms with Gasteiger partial charge in [-0.3, -0.25) is 4.79 Å². The molecule has 3 nitrogen and oxygen atoms in total. The number of benzene rings is 1. The molecule has 78 valence electrons. The van der Waals surface area contributed by atoms with Crippen LogP contribution >= 0.6 is 15.9 Å². The number of carbonyl (C=O) groups is 1. The topological polar surface area (TPSA) is 50.1 Å². The van der Waals surface area contributed by atoms with Crippen LogP contribution in [0.4, 0.5) is 4.39 Å². The van der Waals surface area contributed by atoms with Crippen LogP contribution in [-0.4, -0.2) is 13.1 Å². The molecule has 0 amide bonds. The van der Waals surface area contributed by atoms with Gasteiger partial charge in [0.1, 0.15) is 5.82 Å². The van der Waals surface area contributed by atoms with Crippen LogP contribution in [0.5, 0.6) is 0 Å². The number of nitriles is 1. The van der Waals surface area contributed by atoms with Gasteiger partial charge in [0.2, 0.25) is 0 Å². The number of hydrogen-bond donors (Lipinski definition) is 0. The number of ether oxygens (including phenoxy) is 1. The Hall–Kier alpha value is -1.41. The second-order valence-electron chi connectivity index (χ2n) is 2.75. The molecule has 5 heteroatoms. The van der Waals surface area contributed by atoms with Gasteiger partial charge in [0, 0.05) is 0 Å². The van der Waals surface area contributed by atoms with Crippen molar-refractivity contribution in [2.75, 3.05) is 7.11 Å². The highest BCUT2D eigenvalue weighted by atomic mass is 79.9. The van der Waals surface area contributed by atoms with Crippen molar-refractivity contribution in [1.82, 2.24) is 0 Å². The van der Waals surface area contributed by atoms with Crippen LogP contribution in [0.2, 0.25) is 0 Å². The standard InChI is InChI=1S/C10H7BrFNO2/c1-15-9(14)4-7-6(5-13)2-3-8(12)10(7)11/h2-3H,4H2,1H3. The van der Waals surface area contributed by atoms with Crippen LogP contribution in [0.25, 0.3) is 0 Å². The average Bonchev–Trinajstić information content (AvgIpc) is 2.25. The summed E-state index contributed by atoms with van der Waals surface area (Å²) in [4.78, 5) is 11.0. The monoisotopic (exact) mass is 271 g/mol. The third kappa shape index (κ3) is 2.54. The van der Waals surface area contributed by atoms with Crippen LogP contribution in [0.15, 0.2) is 16.6 Å². The maximum absolute atomic E-state index is 13.1. The zero-order chi connectivity index (χ0) is 11.4. The minimum atomic E-state index is -0.516. The van der Waals surface area contributed by atoms with E-state index >= 15 is 0 Å². The number of carbonyl (C=O) groups excluding carboxylic acids is 1. The second kappa shape index (κ2) is 4.89. The lowest BCUT2D eigenvalue weighted by molar-refractivity contribution is -0.139. The molecule has 1 aromatic rings. The normalized spacial score (nSPS) is 9.47. The van der Waals surface area contributed by atoms with E-state index in [2.05, 4.69) is 20.7 Å². The third-order valence-corrected chi connectivity index (χ3v) is 2.72. The van der Waals surface area contributed by atoms with E-state index in [-0.39, 0.29) is 16.5 Å². The Labute approximate surface area is 94.6 Å². The highest BCUT2D eigenvalue weighted by Crippen LogP contribution is 2.24. The molecule has 0 aliphatic heterocycles. The summed E-state index contributed by atoms with van der Waals surface area (Å²) in [6.07, 6.45) is -0.127. The molecule has 0 unspecified atom stereocenters. The first kappa shape index (κ1) is 11.7. The zero-order valence-corrected chi connectivity index (χ0v) is 9.47. The van der Waals surface area contributed by atoms with Gasteiger partial charge in [-0.2, -0.15) is 5.26 Å². The van der Waals surface area contributed by atoms with E-state index in [1.165, 1.54) is 19.2 Å². The highest BCUT2D eigenvalue weighted by molar-refractivity contribution is 9.10. The number of nitrogens with zero attached hydrogens (tertiary/aromatic N) is 1. The molecule has 0 saturated heterocycles. The lowest BCUT2D eigenvalue weighted by atomic mass is 10.1. The molecule has 0 aromatic heterocycles. The Morgan fingerprint density at radius 2 is 2.33 bits per heavy atom. The van der Waals surface area contributed by atoms with Gasteiger partial charge in [-0.25, -0.2) is 4.39 Å². The molecule has 0 spiro atoms. The first-order valence-electron chi connectivity index (χ1n) is 4.04. The molecular weight excluding hydrogens is 265 g/mol. The van der Waals surface area contributed by atoms with Crippen LogP contribution in [-0.2, 0) is 16.0 Å². The summed E-state index contributed by atoms with van der Waals surface area (Å²) in [5, 5.41) is 8.77. The van der Waals surface area contributed by atoms with E-state index in [9.17, 15) is 9.18 Å². The average molecular weight is 272 g/mol. The van der Waals surface area contributed by atoms with Crippen molar-refractivity contribution < 1.29 is 13.9 Å². The molecule has 0 bridgehead atoms. The minimum absolute atomic E-state index is 0.127. The number of methoxy groups -OCH3 is 1. The quantitative estimate of drug-likeness (QED) is 0.775. The molecule has 0 aliphatic rings. The summed E-state index contributed by atoms with van der Waals surface area (Å²) in [6, 6.07) is 4.39. The van der Waals surface area contributed by atoms with Gasteiger partial charge in [-0.05, 0) is 33.6 Å². The molecule has 1 aromatic carbocycles. The van der Waals surface area contributed by atoms with Crippen molar-refractivity contribution in [3.05, 3.63) is 33.5 Å². The SMILES string of the molecule is COC(=O)Cc1c(C#N)ccc(F)c1Br. The smallest absolute Gasteiger partial charge is 0.310 e. The van der Waals surface area contributed by atoms with Gasteiger partial charge in [0.15, 0.2) is 0 Å². The third-order valence-electron chi connectivity index (χ3n) is 1.87. The lowest BCUT2D eigenvalue weighted by Gasteiger charge is -2.06. The van der Waals surface area contributed by atoms with Gasteiger partial charge < -0.3 is 4.74 Å². The van der Waals surface area contributed by atoms with Gasteiger partial charge >= 0.3 is 5.97 Å². The number of rotatable bonds is 2. The first-order chi connectivity index (χ1) is 7.10. The fourth-order valence-corrected chi connectivity index (χ4v) is 1.57. The summed E-state index contributed by atoms with van der Waals surface area (Å²) in [6.45, 7) is 0. The van der Waals surface area contributed by atoms with E-state index < -0.39 is 11.8 Å². The molecular formula is C10H7BrFNO2. The Kier molecular flexibility index (Phi) is 3.81. The summed E-state index contributed by atoms with van der Waals surface area (Å²) < 4.78 is 17.7. The van der Waals surface area contributed by atoms with Crippen molar-refractivity contribution >= 4 is 21.9 Å². The fraction of sp³-hybridized carbons (Fsp3) is 0.200. The van der Waals surface area contributed by atoms with Crippen LogP contribution < -0.4 is 0 Å². The van der Waals surface area contributed by atoms with E-state index in [0.29, 0.717) is 5.56 Å². The van der Waals surface area contributed by atoms with Crippen molar-refractivity contribution in [3.63, 3.8) is 0 Å². The molecule has 0 heterocycles. The number of hydrogen-bond acceptors (Lipinski definition) is 3. The van der Waals surface area contributed by atoms with Crippen molar-refractivity contribution in [3.8, 4) is 6.07 Å². The summed E-state index contributed by atoms with van der Waals surface area (Å²) in [5.74, 6) is -1.02. The summed E-state index contributed by atoms with van der Waals surface area (Å²) >= 11 is 3.00. The summed E-state index contributed by atoms with van der Waals surface area (Å²) in [5.41, 5.74) is 0.568. The lowest BCUT2D eigenvalue weighted by Crippen LogP contribution is -2.07. The second-order valence-corrected chi connectivity index (χ2v) is 3.55. The van der Waals surface area contributed by atoms with Gasteiger partial charge in [0.25, 0.3) is 0 Å². The zero-order valence-electron chi connectivity index (χ0n) is 7.88. The highest BCUT2D eigenvalue weighted by Gasteiger charge is 2.14. The van der Waals surface area contributed by atoms with E-state index in [4.69, 9.17) is 5.26 Å². The Balaban J connectivity index is 3.19. The van der Waals surface area contributed by atoms with E-state index in [1.807, 2.05) is 6.07 Å². The predicted octanol–water partition coefficient (Wildman–Crippen LogP) is 2.18. The number of halogens is 2. The molecule has 0 aliphatic carbocycles. The maximum atomic E-state index is 13.1. The molecule has 0 saturated carbocycles. The van der Waals surface area contributed by atoms with E-state index in [0.717, 1.165) is 0 Å². The van der Waals surface area contributed by atoms with Crippen LogP contribution in [0, 0.1) is 17.1 Å². The first-order valence-corrected chi connectivity index (χ1v) is 4.83. The minimum Gasteiger partial charge on any atom is -0.469 e.